The van der Waals surface area contributed by atoms with Gasteiger partial charge in [0.05, 0.1) is 16.2 Å². The number of rotatable bonds is 5. The third-order valence-corrected chi connectivity index (χ3v) is 6.60. The van der Waals surface area contributed by atoms with E-state index in [9.17, 15) is 9.59 Å². The van der Waals surface area contributed by atoms with Crippen LogP contribution in [0.25, 0.3) is 16.9 Å². The highest BCUT2D eigenvalue weighted by molar-refractivity contribution is 6.33. The van der Waals surface area contributed by atoms with Gasteiger partial charge >= 0.3 is 0 Å². The molecular weight excluding hydrogens is 478 g/mol. The predicted octanol–water partition coefficient (Wildman–Crippen LogP) is 4.17. The van der Waals surface area contributed by atoms with Crippen molar-refractivity contribution in [3.8, 4) is 11.4 Å². The first-order valence-electron chi connectivity index (χ1n) is 11.5. The zero-order chi connectivity index (χ0) is 25.2. The first kappa shape index (κ1) is 23.5. The number of carbonyl (C=O) groups excluding carboxylic acids is 2. The van der Waals surface area contributed by atoms with Crippen LogP contribution < -0.4 is 11.1 Å². The standard InChI is InChI=1S/C26H24ClN7O2/c1-2-22(35)33-13-5-6-17(15-33)23-20-10-12-30-26(28)34(20)24(32-23)18-9-8-16(14-19(18)27)25(36)31-21-7-3-4-11-29-21/h2-4,7-12,14,17H,1,5-6,13,15H2,(H2,28,30)(H,29,31,36). The number of likely N-dealkylation sites (tertiary alicyclic amines) is 1. The van der Waals surface area contributed by atoms with Gasteiger partial charge in [0.25, 0.3) is 5.91 Å². The smallest absolute Gasteiger partial charge is 0.256 e. The monoisotopic (exact) mass is 501 g/mol. The number of hydrogen-bond donors (Lipinski definition) is 2. The first-order valence-corrected chi connectivity index (χ1v) is 11.9. The summed E-state index contributed by atoms with van der Waals surface area (Å²) < 4.78 is 1.76. The maximum Gasteiger partial charge on any atom is 0.256 e. The van der Waals surface area contributed by atoms with Crippen LogP contribution in [-0.4, -0.2) is 49.2 Å². The van der Waals surface area contributed by atoms with Gasteiger partial charge in [-0.2, -0.15) is 0 Å². The second kappa shape index (κ2) is 9.79. The maximum absolute atomic E-state index is 12.7. The molecule has 1 unspecified atom stereocenters. The van der Waals surface area contributed by atoms with Crippen molar-refractivity contribution in [2.24, 2.45) is 0 Å². The van der Waals surface area contributed by atoms with E-state index in [1.807, 2.05) is 6.07 Å². The largest absolute Gasteiger partial charge is 0.369 e. The predicted molar refractivity (Wildman–Crippen MR) is 139 cm³/mol. The van der Waals surface area contributed by atoms with Crippen LogP contribution in [0.15, 0.2) is 67.5 Å². The van der Waals surface area contributed by atoms with Crippen molar-refractivity contribution < 1.29 is 9.59 Å². The van der Waals surface area contributed by atoms with Gasteiger partial charge in [-0.15, -0.1) is 0 Å². The molecule has 1 aliphatic heterocycles. The van der Waals surface area contributed by atoms with Crippen molar-refractivity contribution in [2.75, 3.05) is 24.1 Å². The number of nitrogens with one attached hydrogen (secondary N) is 1. The molecule has 4 heterocycles. The molecule has 3 N–H and O–H groups in total. The fourth-order valence-electron chi connectivity index (χ4n) is 4.56. The van der Waals surface area contributed by atoms with Crippen LogP contribution in [0.5, 0.6) is 0 Å². The van der Waals surface area contributed by atoms with Gasteiger partial charge in [0.2, 0.25) is 11.9 Å². The van der Waals surface area contributed by atoms with Crippen molar-refractivity contribution >= 4 is 40.7 Å². The molecule has 9 nitrogen and oxygen atoms in total. The molecule has 0 saturated carbocycles. The summed E-state index contributed by atoms with van der Waals surface area (Å²) in [6.45, 7) is 4.84. The van der Waals surface area contributed by atoms with Crippen LogP contribution in [0, 0.1) is 0 Å². The summed E-state index contributed by atoms with van der Waals surface area (Å²) in [5.74, 6) is 0.847. The van der Waals surface area contributed by atoms with Crippen molar-refractivity contribution in [3.05, 3.63) is 83.8 Å². The van der Waals surface area contributed by atoms with Crippen molar-refractivity contribution in [3.63, 3.8) is 0 Å². The van der Waals surface area contributed by atoms with Crippen LogP contribution in [-0.2, 0) is 4.79 Å². The highest BCUT2D eigenvalue weighted by atomic mass is 35.5. The molecule has 4 aromatic rings. The lowest BCUT2D eigenvalue weighted by Gasteiger charge is -2.31. The van der Waals surface area contributed by atoms with Crippen LogP contribution in [0.3, 0.4) is 0 Å². The quantitative estimate of drug-likeness (QED) is 0.396. The number of pyridine rings is 1. The van der Waals surface area contributed by atoms with Gasteiger partial charge in [-0.1, -0.05) is 24.2 Å². The van der Waals surface area contributed by atoms with E-state index in [2.05, 4.69) is 21.9 Å². The van der Waals surface area contributed by atoms with E-state index in [0.717, 1.165) is 24.1 Å². The molecule has 1 saturated heterocycles. The topological polar surface area (TPSA) is 119 Å². The third kappa shape index (κ3) is 4.40. The summed E-state index contributed by atoms with van der Waals surface area (Å²) >= 11 is 6.67. The van der Waals surface area contributed by atoms with E-state index in [1.165, 1.54) is 6.08 Å². The molecule has 2 amide bonds. The first-order chi connectivity index (χ1) is 17.5. The highest BCUT2D eigenvalue weighted by Gasteiger charge is 2.29. The number of aromatic nitrogens is 4. The molecule has 182 valence electrons. The van der Waals surface area contributed by atoms with Crippen molar-refractivity contribution in [1.82, 2.24) is 24.3 Å². The lowest BCUT2D eigenvalue weighted by atomic mass is 9.94. The number of halogens is 1. The molecule has 1 fully saturated rings. The molecule has 0 spiro atoms. The zero-order valence-corrected chi connectivity index (χ0v) is 20.2. The number of anilines is 2. The number of nitrogens with zero attached hydrogens (tertiary/aromatic N) is 5. The van der Waals surface area contributed by atoms with E-state index in [1.54, 1.807) is 58.1 Å². The molecule has 5 rings (SSSR count). The maximum atomic E-state index is 12.7. The number of nitrogens with two attached hydrogens (primary N) is 1. The summed E-state index contributed by atoms with van der Waals surface area (Å²) in [4.78, 5) is 40.0. The lowest BCUT2D eigenvalue weighted by molar-refractivity contribution is -0.127. The number of carbonyl (C=O) groups is 2. The second-order valence-electron chi connectivity index (χ2n) is 8.54. The molecule has 10 heteroatoms. The molecule has 36 heavy (non-hydrogen) atoms. The van der Waals surface area contributed by atoms with E-state index < -0.39 is 0 Å². The molecule has 0 bridgehead atoms. The average molecular weight is 502 g/mol. The van der Waals surface area contributed by atoms with E-state index >= 15 is 0 Å². The summed E-state index contributed by atoms with van der Waals surface area (Å²) in [5, 5.41) is 3.09. The van der Waals surface area contributed by atoms with Gasteiger partial charge in [-0.3, -0.25) is 14.0 Å². The number of imidazole rings is 1. The molecular formula is C26H24ClN7O2. The molecule has 0 radical (unpaired) electrons. The third-order valence-electron chi connectivity index (χ3n) is 6.28. The number of nitrogen functional groups attached to an aromatic ring is 1. The Morgan fingerprint density at radius 2 is 2.03 bits per heavy atom. The number of piperidine rings is 1. The van der Waals surface area contributed by atoms with Crippen LogP contribution in [0.1, 0.15) is 34.8 Å². The minimum absolute atomic E-state index is 0.0235. The molecule has 1 aliphatic rings. The minimum atomic E-state index is -0.328. The Hall–Kier alpha value is -4.24. The Morgan fingerprint density at radius 3 is 2.78 bits per heavy atom. The fraction of sp³-hybridized carbons (Fsp3) is 0.192. The van der Waals surface area contributed by atoms with Crippen LogP contribution in [0.2, 0.25) is 5.02 Å². The van der Waals surface area contributed by atoms with Crippen LogP contribution >= 0.6 is 11.6 Å². The zero-order valence-electron chi connectivity index (χ0n) is 19.4. The van der Waals surface area contributed by atoms with Crippen LogP contribution in [0.4, 0.5) is 11.8 Å². The Morgan fingerprint density at radius 1 is 1.17 bits per heavy atom. The van der Waals surface area contributed by atoms with Crippen molar-refractivity contribution in [2.45, 2.75) is 18.8 Å². The summed E-state index contributed by atoms with van der Waals surface area (Å²) in [6, 6.07) is 12.1. The van der Waals surface area contributed by atoms with Gasteiger partial charge in [-0.25, -0.2) is 15.0 Å². The Bertz CT molecular complexity index is 1470. The SMILES string of the molecule is C=CC(=O)N1CCCC(c2nc(-c3ccc(C(=O)Nc4ccccn4)cc3Cl)n3c(N)nccc23)C1. The van der Waals surface area contributed by atoms with Crippen molar-refractivity contribution in [1.29, 1.82) is 0 Å². The second-order valence-corrected chi connectivity index (χ2v) is 8.94. The molecule has 1 atom stereocenters. The summed E-state index contributed by atoms with van der Waals surface area (Å²) in [7, 11) is 0. The fourth-order valence-corrected chi connectivity index (χ4v) is 4.82. The number of benzene rings is 1. The lowest BCUT2D eigenvalue weighted by Crippen LogP contribution is -2.38. The Labute approximate surface area is 212 Å². The van der Waals surface area contributed by atoms with Gasteiger partial charge in [0.15, 0.2) is 0 Å². The van der Waals surface area contributed by atoms with Gasteiger partial charge in [0, 0.05) is 42.5 Å². The highest BCUT2D eigenvalue weighted by Crippen LogP contribution is 2.36. The average Bonchev–Trinajstić information content (AvgIpc) is 3.29. The number of fused-ring (bicyclic) bond motifs is 1. The van der Waals surface area contributed by atoms with E-state index in [0.29, 0.717) is 40.9 Å². The Kier molecular flexibility index (Phi) is 6.39. The Balaban J connectivity index is 1.52. The van der Waals surface area contributed by atoms with Gasteiger partial charge in [0.1, 0.15) is 11.6 Å². The van der Waals surface area contributed by atoms with Gasteiger partial charge < -0.3 is 16.0 Å². The molecule has 0 aliphatic carbocycles. The summed E-state index contributed by atoms with van der Waals surface area (Å²) in [5.41, 5.74) is 8.90. The number of amides is 2. The van der Waals surface area contributed by atoms with E-state index in [-0.39, 0.29) is 23.7 Å². The number of hydrogen-bond acceptors (Lipinski definition) is 6. The summed E-state index contributed by atoms with van der Waals surface area (Å²) in [6.07, 6.45) is 6.33. The molecule has 1 aromatic carbocycles. The normalized spacial score (nSPS) is 15.6. The van der Waals surface area contributed by atoms with Gasteiger partial charge in [-0.05, 0) is 55.3 Å². The van der Waals surface area contributed by atoms with E-state index in [4.69, 9.17) is 22.3 Å². The minimum Gasteiger partial charge on any atom is -0.369 e. The molecule has 3 aromatic heterocycles.